The number of aliphatic hydroxyl groups is 1. The fraction of sp³-hybridized carbons (Fsp3) is 0.300. The van der Waals surface area contributed by atoms with Crippen LogP contribution >= 0.6 is 0 Å². The number of nitrogens with zero attached hydrogens (tertiary/aromatic N) is 1. The number of ketones is 1. The summed E-state index contributed by atoms with van der Waals surface area (Å²) in [6.07, 6.45) is -4.40. The van der Waals surface area contributed by atoms with Crippen molar-refractivity contribution < 1.29 is 27.9 Å². The molecule has 1 atom stereocenters. The van der Waals surface area contributed by atoms with Gasteiger partial charge in [-0.3, -0.25) is 9.59 Å². The van der Waals surface area contributed by atoms with Gasteiger partial charge in [-0.1, -0.05) is 30.3 Å². The molecule has 0 radical (unpaired) electrons. The Kier molecular flexibility index (Phi) is 5.06. The first-order chi connectivity index (χ1) is 12.7. The van der Waals surface area contributed by atoms with Gasteiger partial charge in [0.05, 0.1) is 5.56 Å². The highest BCUT2D eigenvalue weighted by Gasteiger charge is 2.50. The summed E-state index contributed by atoms with van der Waals surface area (Å²) in [6, 6.07) is 13.2. The number of rotatable bonds is 5. The SMILES string of the molecule is O=C(CCc1ccc(C(F)(F)F)cc1)[C@@]1(O)CCN(c2ccccc2)C1=O. The first-order valence-corrected chi connectivity index (χ1v) is 8.50. The van der Waals surface area contributed by atoms with Gasteiger partial charge in [0.15, 0.2) is 5.78 Å². The number of anilines is 1. The predicted octanol–water partition coefficient (Wildman–Crippen LogP) is 3.38. The number of hydrogen-bond acceptors (Lipinski definition) is 3. The zero-order valence-electron chi connectivity index (χ0n) is 14.4. The van der Waals surface area contributed by atoms with Gasteiger partial charge in [-0.2, -0.15) is 13.2 Å². The maximum atomic E-state index is 12.6. The maximum Gasteiger partial charge on any atom is 0.416 e. The molecule has 142 valence electrons. The van der Waals surface area contributed by atoms with Gasteiger partial charge in [0.1, 0.15) is 0 Å². The van der Waals surface area contributed by atoms with Crippen LogP contribution in [0.25, 0.3) is 0 Å². The average Bonchev–Trinajstić information content (AvgIpc) is 2.96. The third-order valence-corrected chi connectivity index (χ3v) is 4.75. The summed E-state index contributed by atoms with van der Waals surface area (Å²) in [6.45, 7) is 0.228. The molecule has 3 rings (SSSR count). The van der Waals surface area contributed by atoms with E-state index in [1.165, 1.54) is 17.0 Å². The van der Waals surface area contributed by atoms with Gasteiger partial charge in [-0.05, 0) is 36.2 Å². The van der Waals surface area contributed by atoms with Crippen LogP contribution in [-0.2, 0) is 22.2 Å². The second-order valence-electron chi connectivity index (χ2n) is 6.52. The van der Waals surface area contributed by atoms with Gasteiger partial charge in [0.25, 0.3) is 5.91 Å². The molecule has 1 heterocycles. The van der Waals surface area contributed by atoms with Crippen LogP contribution in [0, 0.1) is 0 Å². The molecule has 0 aromatic heterocycles. The molecule has 0 saturated carbocycles. The molecule has 0 unspecified atom stereocenters. The lowest BCUT2D eigenvalue weighted by Crippen LogP contribution is -2.47. The molecule has 0 bridgehead atoms. The Morgan fingerprint density at radius 2 is 1.70 bits per heavy atom. The molecule has 1 fully saturated rings. The molecule has 7 heteroatoms. The first-order valence-electron chi connectivity index (χ1n) is 8.50. The quantitative estimate of drug-likeness (QED) is 0.813. The molecule has 1 aliphatic heterocycles. The Morgan fingerprint density at radius 1 is 1.07 bits per heavy atom. The second-order valence-corrected chi connectivity index (χ2v) is 6.52. The number of benzene rings is 2. The van der Waals surface area contributed by atoms with E-state index in [0.717, 1.165) is 12.1 Å². The smallest absolute Gasteiger partial charge is 0.373 e. The van der Waals surface area contributed by atoms with E-state index in [4.69, 9.17) is 0 Å². The molecular weight excluding hydrogens is 359 g/mol. The number of carbonyl (C=O) groups excluding carboxylic acids is 2. The van der Waals surface area contributed by atoms with Crippen LogP contribution in [0.5, 0.6) is 0 Å². The number of carbonyl (C=O) groups is 2. The highest BCUT2D eigenvalue weighted by molar-refractivity contribution is 6.17. The molecule has 4 nitrogen and oxygen atoms in total. The Bertz CT molecular complexity index is 834. The molecule has 1 N–H and O–H groups in total. The van der Waals surface area contributed by atoms with Crippen LogP contribution in [0.1, 0.15) is 24.0 Å². The molecule has 1 amide bonds. The van der Waals surface area contributed by atoms with Crippen LogP contribution in [-0.4, -0.2) is 28.9 Å². The van der Waals surface area contributed by atoms with Crippen molar-refractivity contribution in [3.63, 3.8) is 0 Å². The first kappa shape index (κ1) is 19.1. The third-order valence-electron chi connectivity index (χ3n) is 4.75. The fourth-order valence-corrected chi connectivity index (χ4v) is 3.14. The van der Waals surface area contributed by atoms with Crippen LogP contribution < -0.4 is 4.90 Å². The van der Waals surface area contributed by atoms with Gasteiger partial charge >= 0.3 is 6.18 Å². The molecule has 2 aromatic rings. The standard InChI is InChI=1S/C20H18F3NO3/c21-20(22,23)15-9-6-14(7-10-15)8-11-17(25)19(27)12-13-24(18(19)26)16-4-2-1-3-5-16/h1-7,9-10,27H,8,11-13H2/t19-/m0/s1. The summed E-state index contributed by atoms with van der Waals surface area (Å²) in [5, 5.41) is 10.6. The average molecular weight is 377 g/mol. The number of amides is 1. The van der Waals surface area contributed by atoms with E-state index < -0.39 is 29.0 Å². The summed E-state index contributed by atoms with van der Waals surface area (Å²) in [4.78, 5) is 26.4. The van der Waals surface area contributed by atoms with E-state index in [1.807, 2.05) is 0 Å². The highest BCUT2D eigenvalue weighted by atomic mass is 19.4. The van der Waals surface area contributed by atoms with Crippen molar-refractivity contribution in [2.24, 2.45) is 0 Å². The zero-order chi connectivity index (χ0) is 19.7. The van der Waals surface area contributed by atoms with E-state index in [9.17, 15) is 27.9 Å². The van der Waals surface area contributed by atoms with Crippen LogP contribution in [0.15, 0.2) is 54.6 Å². The van der Waals surface area contributed by atoms with Crippen molar-refractivity contribution in [1.29, 1.82) is 0 Å². The van der Waals surface area contributed by atoms with Crippen molar-refractivity contribution in [3.8, 4) is 0 Å². The van der Waals surface area contributed by atoms with E-state index in [-0.39, 0.29) is 25.8 Å². The minimum atomic E-state index is -4.42. The minimum Gasteiger partial charge on any atom is -0.373 e. The van der Waals surface area contributed by atoms with E-state index in [2.05, 4.69) is 0 Å². The van der Waals surface area contributed by atoms with Crippen molar-refractivity contribution in [2.45, 2.75) is 31.0 Å². The van der Waals surface area contributed by atoms with Crippen molar-refractivity contribution >= 4 is 17.4 Å². The topological polar surface area (TPSA) is 57.6 Å². The number of aryl methyl sites for hydroxylation is 1. The Balaban J connectivity index is 1.65. The summed E-state index contributed by atoms with van der Waals surface area (Å²) >= 11 is 0. The van der Waals surface area contributed by atoms with Gasteiger partial charge in [0, 0.05) is 25.1 Å². The number of hydrogen-bond donors (Lipinski definition) is 1. The lowest BCUT2D eigenvalue weighted by Gasteiger charge is -2.21. The monoisotopic (exact) mass is 377 g/mol. The zero-order valence-corrected chi connectivity index (χ0v) is 14.4. The normalized spacial score (nSPS) is 20.1. The molecule has 0 spiro atoms. The van der Waals surface area contributed by atoms with Gasteiger partial charge in [-0.15, -0.1) is 0 Å². The maximum absolute atomic E-state index is 12.6. The number of halogens is 3. The Labute approximate surface area is 154 Å². The molecule has 27 heavy (non-hydrogen) atoms. The summed E-state index contributed by atoms with van der Waals surface area (Å²) in [5.41, 5.74) is -1.71. The summed E-state index contributed by atoms with van der Waals surface area (Å²) in [7, 11) is 0. The summed E-state index contributed by atoms with van der Waals surface area (Å²) in [5.74, 6) is -1.28. The Hall–Kier alpha value is -2.67. The van der Waals surface area contributed by atoms with Gasteiger partial charge in [-0.25, -0.2) is 0 Å². The van der Waals surface area contributed by atoms with Gasteiger partial charge < -0.3 is 10.0 Å². The molecular formula is C20H18F3NO3. The molecule has 2 aromatic carbocycles. The number of para-hydroxylation sites is 1. The summed E-state index contributed by atoms with van der Waals surface area (Å²) < 4.78 is 37.7. The van der Waals surface area contributed by atoms with E-state index in [0.29, 0.717) is 11.3 Å². The minimum absolute atomic E-state index is 0.00737. The molecule has 1 aliphatic rings. The van der Waals surface area contributed by atoms with Crippen LogP contribution in [0.4, 0.5) is 18.9 Å². The van der Waals surface area contributed by atoms with E-state index in [1.54, 1.807) is 30.3 Å². The lowest BCUT2D eigenvalue weighted by atomic mass is 9.92. The molecule has 1 saturated heterocycles. The van der Waals surface area contributed by atoms with Crippen molar-refractivity contribution in [2.75, 3.05) is 11.4 Å². The van der Waals surface area contributed by atoms with E-state index >= 15 is 0 Å². The lowest BCUT2D eigenvalue weighted by molar-refractivity contribution is -0.147. The fourth-order valence-electron chi connectivity index (χ4n) is 3.14. The third kappa shape index (κ3) is 3.88. The molecule has 0 aliphatic carbocycles. The van der Waals surface area contributed by atoms with Crippen molar-refractivity contribution in [3.05, 3.63) is 65.7 Å². The highest BCUT2D eigenvalue weighted by Crippen LogP contribution is 2.31. The van der Waals surface area contributed by atoms with Crippen LogP contribution in [0.2, 0.25) is 0 Å². The van der Waals surface area contributed by atoms with Gasteiger partial charge in [0.2, 0.25) is 5.60 Å². The largest absolute Gasteiger partial charge is 0.416 e. The van der Waals surface area contributed by atoms with Crippen molar-refractivity contribution in [1.82, 2.24) is 0 Å². The Morgan fingerprint density at radius 3 is 2.30 bits per heavy atom. The van der Waals surface area contributed by atoms with Crippen LogP contribution in [0.3, 0.4) is 0 Å². The number of alkyl halides is 3. The predicted molar refractivity (Wildman–Crippen MR) is 93.1 cm³/mol. The number of Topliss-reactive ketones (excluding diaryl/α,β-unsaturated/α-hetero) is 1. The second kappa shape index (κ2) is 7.15.